The van der Waals surface area contributed by atoms with Gasteiger partial charge in [-0.3, -0.25) is 0 Å². The van der Waals surface area contributed by atoms with Gasteiger partial charge < -0.3 is 10.3 Å². The Morgan fingerprint density at radius 2 is 1.65 bits per heavy atom. The van der Waals surface area contributed by atoms with Crippen LogP contribution in [0.2, 0.25) is 0 Å². The summed E-state index contributed by atoms with van der Waals surface area (Å²) in [7, 11) is 0. The number of benzene rings is 2. The largest absolute Gasteiger partial charge is 0.380 e. The monoisotopic (exact) mass is 392 g/mol. The molecule has 2 aromatic carbocycles. The predicted molar refractivity (Wildman–Crippen MR) is 87.2 cm³/mol. The molecular formula is C15H10Br2N2O. The van der Waals surface area contributed by atoms with Crippen molar-refractivity contribution in [2.24, 2.45) is 0 Å². The first-order valence-corrected chi connectivity index (χ1v) is 7.51. The van der Waals surface area contributed by atoms with Crippen LogP contribution in [0.15, 0.2) is 62.0 Å². The third kappa shape index (κ3) is 2.39. The van der Waals surface area contributed by atoms with Gasteiger partial charge in [-0.05, 0) is 30.3 Å². The van der Waals surface area contributed by atoms with E-state index >= 15 is 0 Å². The Kier molecular flexibility index (Phi) is 3.63. The van der Waals surface area contributed by atoms with Gasteiger partial charge in [0.15, 0.2) is 11.6 Å². The van der Waals surface area contributed by atoms with E-state index in [2.05, 4.69) is 37.0 Å². The van der Waals surface area contributed by atoms with E-state index in [1.807, 2.05) is 48.5 Å². The van der Waals surface area contributed by atoms with Gasteiger partial charge in [-0.15, -0.1) is 0 Å². The maximum atomic E-state index is 5.97. The molecule has 0 bridgehead atoms. The molecule has 3 rings (SSSR count). The summed E-state index contributed by atoms with van der Waals surface area (Å²) in [5.74, 6) is 1.05. The minimum Gasteiger partial charge on any atom is -0.380 e. The second kappa shape index (κ2) is 5.42. The summed E-state index contributed by atoms with van der Waals surface area (Å²) in [5.41, 5.74) is 8.68. The Labute approximate surface area is 133 Å². The van der Waals surface area contributed by atoms with Crippen molar-refractivity contribution >= 4 is 37.7 Å². The molecule has 0 saturated heterocycles. The van der Waals surface area contributed by atoms with Gasteiger partial charge in [0.05, 0.1) is 5.56 Å². The first-order chi connectivity index (χ1) is 9.66. The van der Waals surface area contributed by atoms with E-state index in [1.165, 1.54) is 0 Å². The first kappa shape index (κ1) is 13.4. The lowest BCUT2D eigenvalue weighted by Crippen LogP contribution is -1.89. The predicted octanol–water partition coefficient (Wildman–Crippen LogP) is 5.12. The van der Waals surface area contributed by atoms with Crippen molar-refractivity contribution in [1.29, 1.82) is 0 Å². The van der Waals surface area contributed by atoms with Gasteiger partial charge in [0.25, 0.3) is 0 Å². The van der Waals surface area contributed by atoms with Crippen LogP contribution in [0.25, 0.3) is 22.5 Å². The van der Waals surface area contributed by atoms with Gasteiger partial charge in [-0.1, -0.05) is 55.2 Å². The van der Waals surface area contributed by atoms with Crippen molar-refractivity contribution in [2.45, 2.75) is 0 Å². The van der Waals surface area contributed by atoms with Gasteiger partial charge >= 0.3 is 0 Å². The number of hydrogen-bond donors (Lipinski definition) is 1. The second-order valence-corrected chi connectivity index (χ2v) is 6.03. The fourth-order valence-corrected chi connectivity index (χ4v) is 2.77. The Morgan fingerprint density at radius 1 is 0.950 bits per heavy atom. The van der Waals surface area contributed by atoms with E-state index in [-0.39, 0.29) is 0 Å². The fourth-order valence-electron chi connectivity index (χ4n) is 2.02. The molecule has 100 valence electrons. The molecule has 0 aliphatic rings. The number of nitrogens with zero attached hydrogens (tertiary/aromatic N) is 1. The van der Waals surface area contributed by atoms with Crippen LogP contribution < -0.4 is 5.73 Å². The minimum atomic E-state index is 0.384. The Morgan fingerprint density at radius 3 is 2.35 bits per heavy atom. The van der Waals surface area contributed by atoms with E-state index < -0.39 is 0 Å². The molecule has 0 fully saturated rings. The number of nitrogen functional groups attached to an aromatic ring is 1. The summed E-state index contributed by atoms with van der Waals surface area (Å²) >= 11 is 6.96. The van der Waals surface area contributed by atoms with Gasteiger partial charge in [-0.25, -0.2) is 0 Å². The molecule has 0 aliphatic heterocycles. The van der Waals surface area contributed by atoms with E-state index in [9.17, 15) is 0 Å². The Hall–Kier alpha value is -1.59. The van der Waals surface area contributed by atoms with E-state index in [0.29, 0.717) is 11.6 Å². The third-order valence-corrected chi connectivity index (χ3v) is 4.19. The van der Waals surface area contributed by atoms with Crippen LogP contribution in [0.3, 0.4) is 0 Å². The number of halogens is 2. The average Bonchev–Trinajstić information content (AvgIpc) is 2.82. The molecule has 0 radical (unpaired) electrons. The molecule has 5 heteroatoms. The highest BCUT2D eigenvalue weighted by Gasteiger charge is 2.19. The van der Waals surface area contributed by atoms with E-state index in [1.54, 1.807) is 0 Å². The highest BCUT2D eigenvalue weighted by Crippen LogP contribution is 2.39. The zero-order chi connectivity index (χ0) is 14.1. The van der Waals surface area contributed by atoms with Crippen LogP contribution >= 0.6 is 31.9 Å². The molecule has 1 heterocycles. The lowest BCUT2D eigenvalue weighted by molar-refractivity contribution is 0.436. The van der Waals surface area contributed by atoms with Crippen LogP contribution in [-0.4, -0.2) is 5.16 Å². The zero-order valence-electron chi connectivity index (χ0n) is 10.3. The molecule has 20 heavy (non-hydrogen) atoms. The zero-order valence-corrected chi connectivity index (χ0v) is 13.5. The molecule has 0 saturated carbocycles. The third-order valence-electron chi connectivity index (χ3n) is 2.97. The fraction of sp³-hybridized carbons (Fsp3) is 0. The van der Waals surface area contributed by atoms with Crippen LogP contribution in [0.5, 0.6) is 0 Å². The molecule has 0 spiro atoms. The molecule has 0 amide bonds. The van der Waals surface area contributed by atoms with Crippen molar-refractivity contribution in [2.75, 3.05) is 5.73 Å². The summed E-state index contributed by atoms with van der Waals surface area (Å²) in [6.07, 6.45) is 0. The number of anilines is 1. The summed E-state index contributed by atoms with van der Waals surface area (Å²) in [5, 5.41) is 3.90. The summed E-state index contributed by atoms with van der Waals surface area (Å²) in [6, 6.07) is 15.7. The van der Waals surface area contributed by atoms with Crippen LogP contribution in [0.4, 0.5) is 5.82 Å². The van der Waals surface area contributed by atoms with Crippen LogP contribution in [-0.2, 0) is 0 Å². The maximum absolute atomic E-state index is 5.97. The summed E-state index contributed by atoms with van der Waals surface area (Å²) in [6.45, 7) is 0. The Bertz CT molecular complexity index is 751. The van der Waals surface area contributed by atoms with Gasteiger partial charge in [0, 0.05) is 20.1 Å². The lowest BCUT2D eigenvalue weighted by atomic mass is 10.0. The van der Waals surface area contributed by atoms with E-state index in [0.717, 1.165) is 25.6 Å². The molecular weight excluding hydrogens is 384 g/mol. The SMILES string of the molecule is Nc1noc(-c2ccc(Br)cc2)c1-c1ccccc1Br. The standard InChI is InChI=1S/C15H10Br2N2O/c16-10-7-5-9(6-8-10)14-13(15(18)19-20-14)11-3-1-2-4-12(11)17/h1-8H,(H2,18,19). The first-order valence-electron chi connectivity index (χ1n) is 5.93. The molecule has 3 aromatic rings. The average molecular weight is 394 g/mol. The summed E-state index contributed by atoms with van der Waals surface area (Å²) < 4.78 is 7.38. The second-order valence-electron chi connectivity index (χ2n) is 4.26. The highest BCUT2D eigenvalue weighted by molar-refractivity contribution is 9.10. The van der Waals surface area contributed by atoms with Crippen LogP contribution in [0, 0.1) is 0 Å². The Balaban J connectivity index is 2.20. The van der Waals surface area contributed by atoms with Crippen molar-refractivity contribution in [3.63, 3.8) is 0 Å². The number of aromatic nitrogens is 1. The maximum Gasteiger partial charge on any atom is 0.176 e. The molecule has 1 aromatic heterocycles. The van der Waals surface area contributed by atoms with Crippen molar-refractivity contribution < 1.29 is 4.52 Å². The van der Waals surface area contributed by atoms with Gasteiger partial charge in [0.2, 0.25) is 0 Å². The van der Waals surface area contributed by atoms with Crippen molar-refractivity contribution in [1.82, 2.24) is 5.16 Å². The number of hydrogen-bond acceptors (Lipinski definition) is 3. The molecule has 2 N–H and O–H groups in total. The topological polar surface area (TPSA) is 52.0 Å². The number of nitrogens with two attached hydrogens (primary N) is 1. The van der Waals surface area contributed by atoms with Gasteiger partial charge in [-0.2, -0.15) is 0 Å². The minimum absolute atomic E-state index is 0.384. The quantitative estimate of drug-likeness (QED) is 0.657. The van der Waals surface area contributed by atoms with Crippen molar-refractivity contribution in [3.8, 4) is 22.5 Å². The van der Waals surface area contributed by atoms with E-state index in [4.69, 9.17) is 10.3 Å². The molecule has 0 unspecified atom stereocenters. The smallest absolute Gasteiger partial charge is 0.176 e. The van der Waals surface area contributed by atoms with Gasteiger partial charge in [0.1, 0.15) is 0 Å². The number of rotatable bonds is 2. The molecule has 0 aliphatic carbocycles. The van der Waals surface area contributed by atoms with Crippen molar-refractivity contribution in [3.05, 3.63) is 57.5 Å². The normalized spacial score (nSPS) is 10.7. The lowest BCUT2D eigenvalue weighted by Gasteiger charge is -2.05. The molecule has 3 nitrogen and oxygen atoms in total. The summed E-state index contributed by atoms with van der Waals surface area (Å²) in [4.78, 5) is 0. The highest BCUT2D eigenvalue weighted by atomic mass is 79.9. The van der Waals surface area contributed by atoms with Crippen LogP contribution in [0.1, 0.15) is 0 Å². The molecule has 0 atom stereocenters.